The van der Waals surface area contributed by atoms with Gasteiger partial charge in [-0.3, -0.25) is 9.69 Å². The normalized spacial score (nSPS) is 18.6. The molecule has 6 heteroatoms. The molecule has 96 valence electrons. The highest BCUT2D eigenvalue weighted by Crippen LogP contribution is 2.18. The van der Waals surface area contributed by atoms with Crippen molar-refractivity contribution in [3.63, 3.8) is 0 Å². The molecule has 2 rings (SSSR count). The van der Waals surface area contributed by atoms with E-state index < -0.39 is 12.1 Å². The second-order valence-electron chi connectivity index (χ2n) is 4.00. The molecular formula is C12H14N2O4. The Morgan fingerprint density at radius 2 is 2.17 bits per heavy atom. The predicted octanol–water partition coefficient (Wildman–Crippen LogP) is 0.459. The molecule has 1 atom stereocenters. The van der Waals surface area contributed by atoms with E-state index in [9.17, 15) is 14.7 Å². The van der Waals surface area contributed by atoms with Crippen LogP contribution in [0.1, 0.15) is 5.56 Å². The Morgan fingerprint density at radius 1 is 1.50 bits per heavy atom. The van der Waals surface area contributed by atoms with Gasteiger partial charge in [0.15, 0.2) is 0 Å². The molecule has 1 aliphatic heterocycles. The third-order valence-electron chi connectivity index (χ3n) is 2.81. The van der Waals surface area contributed by atoms with Crippen LogP contribution in [0.5, 0.6) is 5.75 Å². The fourth-order valence-corrected chi connectivity index (χ4v) is 1.81. The van der Waals surface area contributed by atoms with Crippen molar-refractivity contribution in [1.82, 2.24) is 10.2 Å². The van der Waals surface area contributed by atoms with Gasteiger partial charge in [-0.1, -0.05) is 12.1 Å². The molecule has 1 saturated heterocycles. The number of carbonyl (C=O) groups excluding carboxylic acids is 2. The maximum absolute atomic E-state index is 11.6. The summed E-state index contributed by atoms with van der Waals surface area (Å²) in [6, 6.07) is 5.86. The Labute approximate surface area is 104 Å². The summed E-state index contributed by atoms with van der Waals surface area (Å²) in [5, 5.41) is 11.7. The number of likely N-dealkylation sites (N-methyl/N-ethyl adjacent to an activating group) is 1. The van der Waals surface area contributed by atoms with Gasteiger partial charge in [0, 0.05) is 7.05 Å². The third-order valence-corrected chi connectivity index (χ3v) is 2.81. The van der Waals surface area contributed by atoms with Crippen molar-refractivity contribution in [2.75, 3.05) is 13.7 Å². The summed E-state index contributed by atoms with van der Waals surface area (Å²) >= 11 is 0. The lowest BCUT2D eigenvalue weighted by Crippen LogP contribution is -2.44. The van der Waals surface area contributed by atoms with Gasteiger partial charge in [0.1, 0.15) is 18.4 Å². The molecule has 18 heavy (non-hydrogen) atoms. The molecule has 0 aliphatic carbocycles. The molecule has 2 amide bonds. The molecule has 1 heterocycles. The number of rotatable bonds is 3. The van der Waals surface area contributed by atoms with E-state index in [-0.39, 0.29) is 24.8 Å². The lowest BCUT2D eigenvalue weighted by atomic mass is 10.2. The van der Waals surface area contributed by atoms with E-state index in [1.165, 1.54) is 24.1 Å². The smallest absolute Gasteiger partial charge is 0.410 e. The maximum atomic E-state index is 11.6. The Kier molecular flexibility index (Phi) is 3.36. The molecule has 1 aliphatic rings. The van der Waals surface area contributed by atoms with E-state index in [2.05, 4.69) is 5.32 Å². The van der Waals surface area contributed by atoms with Gasteiger partial charge in [0.05, 0.1) is 6.54 Å². The second-order valence-corrected chi connectivity index (χ2v) is 4.00. The minimum Gasteiger partial charge on any atom is -0.508 e. The molecular weight excluding hydrogens is 236 g/mol. The quantitative estimate of drug-likeness (QED) is 0.816. The number of hydrogen-bond acceptors (Lipinski definition) is 4. The van der Waals surface area contributed by atoms with E-state index in [0.717, 1.165) is 5.56 Å². The van der Waals surface area contributed by atoms with Crippen LogP contribution in [0.25, 0.3) is 0 Å². The summed E-state index contributed by atoms with van der Waals surface area (Å²) in [5.41, 5.74) is 0.820. The number of cyclic esters (lactones) is 1. The van der Waals surface area contributed by atoms with Crippen LogP contribution in [0.3, 0.4) is 0 Å². The minimum absolute atomic E-state index is 0.0661. The molecule has 0 unspecified atom stereocenters. The summed E-state index contributed by atoms with van der Waals surface area (Å²) in [7, 11) is 1.52. The van der Waals surface area contributed by atoms with Crippen molar-refractivity contribution < 1.29 is 19.4 Å². The average molecular weight is 250 g/mol. The van der Waals surface area contributed by atoms with Gasteiger partial charge in [-0.2, -0.15) is 0 Å². The first kappa shape index (κ1) is 12.2. The van der Waals surface area contributed by atoms with Crippen LogP contribution in [0.15, 0.2) is 24.3 Å². The minimum atomic E-state index is -0.601. The van der Waals surface area contributed by atoms with Crippen molar-refractivity contribution in [2.45, 2.75) is 12.6 Å². The van der Waals surface area contributed by atoms with Gasteiger partial charge in [-0.15, -0.1) is 0 Å². The van der Waals surface area contributed by atoms with Crippen LogP contribution in [-0.2, 0) is 16.1 Å². The zero-order valence-electron chi connectivity index (χ0n) is 9.92. The number of hydrogen-bond donors (Lipinski definition) is 2. The van der Waals surface area contributed by atoms with Crippen molar-refractivity contribution >= 4 is 12.0 Å². The van der Waals surface area contributed by atoms with Crippen LogP contribution < -0.4 is 5.32 Å². The van der Waals surface area contributed by atoms with Crippen molar-refractivity contribution in [1.29, 1.82) is 0 Å². The monoisotopic (exact) mass is 250 g/mol. The fraction of sp³-hybridized carbons (Fsp3) is 0.333. The van der Waals surface area contributed by atoms with Gasteiger partial charge in [0.2, 0.25) is 5.91 Å². The first-order chi connectivity index (χ1) is 8.61. The highest BCUT2D eigenvalue weighted by Gasteiger charge is 2.37. The number of amides is 2. The molecule has 0 bridgehead atoms. The summed E-state index contributed by atoms with van der Waals surface area (Å²) in [5.74, 6) is -0.0924. The number of phenols is 1. The Morgan fingerprint density at radius 3 is 2.78 bits per heavy atom. The van der Waals surface area contributed by atoms with E-state index in [1.54, 1.807) is 12.1 Å². The Balaban J connectivity index is 2.12. The first-order valence-electron chi connectivity index (χ1n) is 5.54. The molecule has 0 radical (unpaired) electrons. The number of aromatic hydroxyl groups is 1. The van der Waals surface area contributed by atoms with Gasteiger partial charge >= 0.3 is 6.09 Å². The summed E-state index contributed by atoms with van der Waals surface area (Å²) in [6.45, 7) is 0.341. The SMILES string of the molecule is CNC(=O)[C@@H]1COC(=O)N1Cc1ccc(O)cc1. The maximum Gasteiger partial charge on any atom is 0.410 e. The summed E-state index contributed by atoms with van der Waals surface area (Å²) < 4.78 is 4.87. The number of carbonyl (C=O) groups is 2. The average Bonchev–Trinajstić information content (AvgIpc) is 2.73. The van der Waals surface area contributed by atoms with Crippen LogP contribution in [0.4, 0.5) is 4.79 Å². The molecule has 0 saturated carbocycles. The van der Waals surface area contributed by atoms with Gasteiger partial charge < -0.3 is 15.2 Å². The molecule has 1 fully saturated rings. The third kappa shape index (κ3) is 2.37. The van der Waals surface area contributed by atoms with E-state index >= 15 is 0 Å². The number of benzene rings is 1. The molecule has 0 spiro atoms. The van der Waals surface area contributed by atoms with Gasteiger partial charge in [0.25, 0.3) is 0 Å². The molecule has 6 nitrogen and oxygen atoms in total. The Bertz CT molecular complexity index is 458. The zero-order chi connectivity index (χ0) is 13.1. The highest BCUT2D eigenvalue weighted by molar-refractivity contribution is 5.87. The van der Waals surface area contributed by atoms with Crippen LogP contribution >= 0.6 is 0 Å². The van der Waals surface area contributed by atoms with Crippen LogP contribution in [0.2, 0.25) is 0 Å². The first-order valence-corrected chi connectivity index (χ1v) is 5.54. The van der Waals surface area contributed by atoms with Crippen molar-refractivity contribution in [3.8, 4) is 5.75 Å². The van der Waals surface area contributed by atoms with Crippen LogP contribution in [0, 0.1) is 0 Å². The van der Waals surface area contributed by atoms with E-state index in [1.807, 2.05) is 0 Å². The van der Waals surface area contributed by atoms with Crippen molar-refractivity contribution in [3.05, 3.63) is 29.8 Å². The number of phenolic OH excluding ortho intramolecular Hbond substituents is 1. The summed E-state index contributed by atoms with van der Waals surface area (Å²) in [6.07, 6.45) is -0.503. The number of ether oxygens (including phenoxy) is 1. The second kappa shape index (κ2) is 4.95. The largest absolute Gasteiger partial charge is 0.508 e. The number of nitrogens with zero attached hydrogens (tertiary/aromatic N) is 1. The number of nitrogens with one attached hydrogen (secondary N) is 1. The lowest BCUT2D eigenvalue weighted by molar-refractivity contribution is -0.124. The molecule has 1 aromatic carbocycles. The molecule has 1 aromatic rings. The predicted molar refractivity (Wildman–Crippen MR) is 62.9 cm³/mol. The standard InChI is InChI=1S/C12H14N2O4/c1-13-11(16)10-7-18-12(17)14(10)6-8-2-4-9(15)5-3-8/h2-5,10,15H,6-7H2,1H3,(H,13,16)/t10-/m0/s1. The topological polar surface area (TPSA) is 78.9 Å². The highest BCUT2D eigenvalue weighted by atomic mass is 16.6. The van der Waals surface area contributed by atoms with Crippen molar-refractivity contribution in [2.24, 2.45) is 0 Å². The Hall–Kier alpha value is -2.24. The molecule has 2 N–H and O–H groups in total. The fourth-order valence-electron chi connectivity index (χ4n) is 1.81. The van der Waals surface area contributed by atoms with Gasteiger partial charge in [-0.05, 0) is 17.7 Å². The van der Waals surface area contributed by atoms with E-state index in [4.69, 9.17) is 4.74 Å². The zero-order valence-corrected chi connectivity index (χ0v) is 9.92. The molecule has 0 aromatic heterocycles. The van der Waals surface area contributed by atoms with Crippen LogP contribution in [-0.4, -0.2) is 41.7 Å². The van der Waals surface area contributed by atoms with Gasteiger partial charge in [-0.25, -0.2) is 4.79 Å². The van der Waals surface area contributed by atoms with E-state index in [0.29, 0.717) is 0 Å². The summed E-state index contributed by atoms with van der Waals surface area (Å²) in [4.78, 5) is 24.5. The lowest BCUT2D eigenvalue weighted by Gasteiger charge is -2.19.